The maximum atomic E-state index is 12.4. The van der Waals surface area contributed by atoms with Gasteiger partial charge in [-0.25, -0.2) is 9.97 Å². The van der Waals surface area contributed by atoms with Gasteiger partial charge in [0.1, 0.15) is 17.3 Å². The van der Waals surface area contributed by atoms with Crippen LogP contribution in [0.1, 0.15) is 24.3 Å². The minimum absolute atomic E-state index is 0.130. The maximum Gasteiger partial charge on any atom is 0.275 e. The van der Waals surface area contributed by atoms with Crippen LogP contribution in [0.4, 0.5) is 22.9 Å². The zero-order valence-corrected chi connectivity index (χ0v) is 16.1. The molecule has 1 aromatic heterocycles. The van der Waals surface area contributed by atoms with Crippen LogP contribution in [0.25, 0.3) is 0 Å². The van der Waals surface area contributed by atoms with Gasteiger partial charge in [0.25, 0.3) is 5.91 Å². The van der Waals surface area contributed by atoms with Gasteiger partial charge in [-0.2, -0.15) is 0 Å². The van der Waals surface area contributed by atoms with Crippen molar-refractivity contribution in [3.63, 3.8) is 0 Å². The molecule has 1 heterocycles. The SMILES string of the molecule is CCOc1ccccc1NC(=O)c1cnc(Nc2ccc(NC(C)=O)cc2)cn1. The first-order chi connectivity index (χ1) is 14.0. The van der Waals surface area contributed by atoms with E-state index in [9.17, 15) is 9.59 Å². The monoisotopic (exact) mass is 391 g/mol. The number of carbonyl (C=O) groups excluding carboxylic acids is 2. The number of hydrogen-bond acceptors (Lipinski definition) is 6. The number of ether oxygens (including phenoxy) is 1. The number of anilines is 4. The molecule has 3 rings (SSSR count). The summed E-state index contributed by atoms with van der Waals surface area (Å²) in [6.45, 7) is 3.83. The fourth-order valence-electron chi connectivity index (χ4n) is 2.54. The van der Waals surface area contributed by atoms with Gasteiger partial charge in [-0.05, 0) is 43.3 Å². The van der Waals surface area contributed by atoms with Crippen molar-refractivity contribution < 1.29 is 14.3 Å². The van der Waals surface area contributed by atoms with Crippen LogP contribution in [-0.2, 0) is 4.79 Å². The van der Waals surface area contributed by atoms with Gasteiger partial charge >= 0.3 is 0 Å². The Bertz CT molecular complexity index is 988. The molecule has 0 saturated heterocycles. The summed E-state index contributed by atoms with van der Waals surface area (Å²) in [7, 11) is 0. The highest BCUT2D eigenvalue weighted by Gasteiger charge is 2.11. The molecular formula is C21H21N5O3. The van der Waals surface area contributed by atoms with Gasteiger partial charge in [0.2, 0.25) is 5.91 Å². The molecule has 3 N–H and O–H groups in total. The number of amides is 2. The van der Waals surface area contributed by atoms with Crippen molar-refractivity contribution in [3.8, 4) is 5.75 Å². The van der Waals surface area contributed by atoms with E-state index in [0.717, 1.165) is 5.69 Å². The molecule has 3 aromatic rings. The van der Waals surface area contributed by atoms with E-state index < -0.39 is 0 Å². The molecular weight excluding hydrogens is 370 g/mol. The van der Waals surface area contributed by atoms with Crippen molar-refractivity contribution >= 4 is 34.7 Å². The van der Waals surface area contributed by atoms with Crippen LogP contribution in [0.3, 0.4) is 0 Å². The fourth-order valence-corrected chi connectivity index (χ4v) is 2.54. The van der Waals surface area contributed by atoms with Gasteiger partial charge in [0.15, 0.2) is 0 Å². The fraction of sp³-hybridized carbons (Fsp3) is 0.143. The first-order valence-electron chi connectivity index (χ1n) is 9.05. The molecule has 8 heteroatoms. The number of para-hydroxylation sites is 2. The van der Waals surface area contributed by atoms with Gasteiger partial charge in [-0.3, -0.25) is 9.59 Å². The molecule has 0 radical (unpaired) electrons. The molecule has 8 nitrogen and oxygen atoms in total. The Morgan fingerprint density at radius 1 is 0.931 bits per heavy atom. The van der Waals surface area contributed by atoms with Crippen LogP contribution in [0.5, 0.6) is 5.75 Å². The lowest BCUT2D eigenvalue weighted by molar-refractivity contribution is -0.114. The normalized spacial score (nSPS) is 10.1. The summed E-state index contributed by atoms with van der Waals surface area (Å²) in [5.74, 6) is 0.575. The summed E-state index contributed by atoms with van der Waals surface area (Å²) in [6.07, 6.45) is 2.87. The highest BCUT2D eigenvalue weighted by Crippen LogP contribution is 2.24. The van der Waals surface area contributed by atoms with Crippen molar-refractivity contribution in [2.75, 3.05) is 22.6 Å². The topological polar surface area (TPSA) is 105 Å². The molecule has 0 aliphatic heterocycles. The Kier molecular flexibility index (Phi) is 6.36. The van der Waals surface area contributed by atoms with Crippen LogP contribution >= 0.6 is 0 Å². The summed E-state index contributed by atoms with van der Waals surface area (Å²) < 4.78 is 5.50. The van der Waals surface area contributed by atoms with Crippen LogP contribution in [-0.4, -0.2) is 28.4 Å². The van der Waals surface area contributed by atoms with E-state index in [1.165, 1.54) is 19.3 Å². The Morgan fingerprint density at radius 3 is 2.31 bits per heavy atom. The summed E-state index contributed by atoms with van der Waals surface area (Å²) in [6, 6.07) is 14.4. The number of carbonyl (C=O) groups is 2. The predicted octanol–water partition coefficient (Wildman–Crippen LogP) is 3.83. The number of aromatic nitrogens is 2. The minimum Gasteiger partial charge on any atom is -0.492 e. The van der Waals surface area contributed by atoms with Gasteiger partial charge in [-0.1, -0.05) is 12.1 Å². The van der Waals surface area contributed by atoms with Crippen LogP contribution in [0, 0.1) is 0 Å². The average Bonchev–Trinajstić information content (AvgIpc) is 2.71. The van der Waals surface area contributed by atoms with E-state index >= 15 is 0 Å². The number of nitrogens with one attached hydrogen (secondary N) is 3. The molecule has 0 saturated carbocycles. The van der Waals surface area contributed by atoms with Crippen molar-refractivity contribution in [1.82, 2.24) is 9.97 Å². The Labute approximate surface area is 168 Å². The zero-order valence-electron chi connectivity index (χ0n) is 16.1. The van der Waals surface area contributed by atoms with E-state index in [1.807, 2.05) is 19.1 Å². The van der Waals surface area contributed by atoms with E-state index in [1.54, 1.807) is 36.4 Å². The highest BCUT2D eigenvalue weighted by molar-refractivity contribution is 6.03. The number of hydrogen-bond donors (Lipinski definition) is 3. The predicted molar refractivity (Wildman–Crippen MR) is 112 cm³/mol. The van der Waals surface area contributed by atoms with Crippen molar-refractivity contribution in [2.45, 2.75) is 13.8 Å². The van der Waals surface area contributed by atoms with Crippen LogP contribution < -0.4 is 20.7 Å². The smallest absolute Gasteiger partial charge is 0.275 e. The van der Waals surface area contributed by atoms with Gasteiger partial charge in [0.05, 0.1) is 24.7 Å². The molecule has 0 aliphatic rings. The number of nitrogens with zero attached hydrogens (tertiary/aromatic N) is 2. The third-order valence-corrected chi connectivity index (χ3v) is 3.80. The summed E-state index contributed by atoms with van der Waals surface area (Å²) >= 11 is 0. The quantitative estimate of drug-likeness (QED) is 0.565. The van der Waals surface area contributed by atoms with E-state index in [0.29, 0.717) is 29.5 Å². The van der Waals surface area contributed by atoms with Crippen molar-refractivity contribution in [3.05, 3.63) is 66.6 Å². The summed E-state index contributed by atoms with van der Waals surface area (Å²) in [4.78, 5) is 31.9. The molecule has 0 fully saturated rings. The standard InChI is InChI=1S/C21H21N5O3/c1-3-29-19-7-5-4-6-17(19)26-21(28)18-12-23-20(13-22-18)25-16-10-8-15(9-11-16)24-14(2)27/h4-13H,3H2,1-2H3,(H,23,25)(H,24,27)(H,26,28). The molecule has 2 amide bonds. The second kappa shape index (κ2) is 9.32. The molecule has 0 aliphatic carbocycles. The third kappa shape index (κ3) is 5.52. The minimum atomic E-state index is -0.379. The lowest BCUT2D eigenvalue weighted by atomic mass is 10.2. The first kappa shape index (κ1) is 19.8. The van der Waals surface area contributed by atoms with Gasteiger partial charge in [0, 0.05) is 18.3 Å². The molecule has 148 valence electrons. The lowest BCUT2D eigenvalue weighted by Crippen LogP contribution is -2.15. The Hall–Kier alpha value is -3.94. The zero-order chi connectivity index (χ0) is 20.6. The molecule has 0 spiro atoms. The van der Waals surface area contributed by atoms with E-state index in [4.69, 9.17) is 4.74 Å². The number of rotatable bonds is 7. The Morgan fingerprint density at radius 2 is 1.66 bits per heavy atom. The van der Waals surface area contributed by atoms with Crippen molar-refractivity contribution in [2.24, 2.45) is 0 Å². The highest BCUT2D eigenvalue weighted by atomic mass is 16.5. The van der Waals surface area contributed by atoms with Crippen LogP contribution in [0.2, 0.25) is 0 Å². The van der Waals surface area contributed by atoms with Gasteiger partial charge in [-0.15, -0.1) is 0 Å². The van der Waals surface area contributed by atoms with E-state index in [-0.39, 0.29) is 17.5 Å². The maximum absolute atomic E-state index is 12.4. The molecule has 29 heavy (non-hydrogen) atoms. The largest absolute Gasteiger partial charge is 0.492 e. The molecule has 0 bridgehead atoms. The summed E-state index contributed by atoms with van der Waals surface area (Å²) in [5.41, 5.74) is 2.23. The Balaban J connectivity index is 1.64. The third-order valence-electron chi connectivity index (χ3n) is 3.80. The molecule has 2 aromatic carbocycles. The van der Waals surface area contributed by atoms with Crippen LogP contribution in [0.15, 0.2) is 60.9 Å². The van der Waals surface area contributed by atoms with Crippen molar-refractivity contribution in [1.29, 1.82) is 0 Å². The molecule has 0 atom stereocenters. The number of benzene rings is 2. The average molecular weight is 391 g/mol. The first-order valence-corrected chi connectivity index (χ1v) is 9.05. The second-order valence-electron chi connectivity index (χ2n) is 6.05. The van der Waals surface area contributed by atoms with Gasteiger partial charge < -0.3 is 20.7 Å². The van der Waals surface area contributed by atoms with E-state index in [2.05, 4.69) is 25.9 Å². The molecule has 0 unspecified atom stereocenters. The lowest BCUT2D eigenvalue weighted by Gasteiger charge is -2.11. The summed E-state index contributed by atoms with van der Waals surface area (Å²) in [5, 5.41) is 8.57. The second-order valence-corrected chi connectivity index (χ2v) is 6.05.